The number of halogens is 5. The summed E-state index contributed by atoms with van der Waals surface area (Å²) in [5.74, 6) is -0.711. The van der Waals surface area contributed by atoms with Crippen LogP contribution in [0, 0.1) is 5.82 Å². The zero-order chi connectivity index (χ0) is 14.2. The molecule has 0 fully saturated rings. The van der Waals surface area contributed by atoms with Crippen LogP contribution in [0.2, 0.25) is 0 Å². The second-order valence-electron chi connectivity index (χ2n) is 3.61. The van der Waals surface area contributed by atoms with Gasteiger partial charge >= 0.3 is 6.18 Å². The van der Waals surface area contributed by atoms with E-state index in [2.05, 4.69) is 20.9 Å². The first-order valence-corrected chi connectivity index (χ1v) is 6.56. The molecule has 8 heteroatoms. The van der Waals surface area contributed by atoms with Gasteiger partial charge in [0.05, 0.1) is 9.35 Å². The predicted molar refractivity (Wildman–Crippen MR) is 65.3 cm³/mol. The minimum atomic E-state index is -4.57. The summed E-state index contributed by atoms with van der Waals surface area (Å²) in [7, 11) is 0. The third-order valence-electron chi connectivity index (χ3n) is 2.31. The van der Waals surface area contributed by atoms with E-state index in [0.29, 0.717) is 0 Å². The number of aliphatic hydroxyl groups is 1. The van der Waals surface area contributed by atoms with E-state index in [1.165, 1.54) is 18.2 Å². The number of alkyl halides is 3. The van der Waals surface area contributed by atoms with Gasteiger partial charge in [-0.25, -0.2) is 9.37 Å². The number of rotatable bonds is 2. The van der Waals surface area contributed by atoms with E-state index in [1.807, 2.05) is 0 Å². The molecule has 1 unspecified atom stereocenters. The minimum Gasteiger partial charge on any atom is -0.383 e. The van der Waals surface area contributed by atoms with Crippen LogP contribution in [0.4, 0.5) is 17.6 Å². The Morgan fingerprint density at radius 2 is 2.00 bits per heavy atom. The first-order valence-electron chi connectivity index (χ1n) is 4.95. The molecular formula is C11H6BrF4NOS. The van der Waals surface area contributed by atoms with Gasteiger partial charge in [-0.05, 0) is 22.0 Å². The normalized spacial score (nSPS) is 13.6. The van der Waals surface area contributed by atoms with Gasteiger partial charge in [0.2, 0.25) is 0 Å². The molecule has 0 aliphatic heterocycles. The molecule has 0 aliphatic rings. The number of thiazole rings is 1. The maximum Gasteiger partial charge on any atom is 0.443 e. The van der Waals surface area contributed by atoms with Crippen molar-refractivity contribution in [3.63, 3.8) is 0 Å². The largest absolute Gasteiger partial charge is 0.443 e. The maximum absolute atomic E-state index is 13.7. The molecule has 1 aromatic carbocycles. The molecule has 0 amide bonds. The third kappa shape index (κ3) is 2.96. The van der Waals surface area contributed by atoms with Crippen LogP contribution in [0.25, 0.3) is 0 Å². The van der Waals surface area contributed by atoms with Crippen molar-refractivity contribution in [2.24, 2.45) is 0 Å². The molecule has 0 saturated carbocycles. The Morgan fingerprint density at radius 3 is 2.58 bits per heavy atom. The highest BCUT2D eigenvalue weighted by Gasteiger charge is 2.35. The van der Waals surface area contributed by atoms with Gasteiger partial charge in [-0.2, -0.15) is 13.2 Å². The zero-order valence-electron chi connectivity index (χ0n) is 9.08. The van der Waals surface area contributed by atoms with Gasteiger partial charge in [-0.15, -0.1) is 11.3 Å². The van der Waals surface area contributed by atoms with Gasteiger partial charge in [0.1, 0.15) is 11.9 Å². The van der Waals surface area contributed by atoms with Crippen LogP contribution in [-0.2, 0) is 6.18 Å². The van der Waals surface area contributed by atoms with Gasteiger partial charge in [0.15, 0.2) is 5.01 Å². The average molecular weight is 356 g/mol. The summed E-state index contributed by atoms with van der Waals surface area (Å²) in [5, 5.41) is 8.85. The Bertz CT molecular complexity index is 599. The molecule has 2 nitrogen and oxygen atoms in total. The van der Waals surface area contributed by atoms with E-state index in [4.69, 9.17) is 0 Å². The van der Waals surface area contributed by atoms with Crippen molar-refractivity contribution in [3.8, 4) is 0 Å². The highest BCUT2D eigenvalue weighted by molar-refractivity contribution is 9.10. The summed E-state index contributed by atoms with van der Waals surface area (Å²) in [6.07, 6.45) is -5.15. The second kappa shape index (κ2) is 5.18. The molecule has 0 aliphatic carbocycles. The van der Waals surface area contributed by atoms with E-state index in [1.54, 1.807) is 0 Å². The van der Waals surface area contributed by atoms with Crippen LogP contribution >= 0.6 is 27.3 Å². The van der Waals surface area contributed by atoms with Crippen LogP contribution in [0.15, 0.2) is 28.9 Å². The van der Waals surface area contributed by atoms with Gasteiger partial charge in [-0.3, -0.25) is 0 Å². The fraction of sp³-hybridized carbons (Fsp3) is 0.182. The van der Waals surface area contributed by atoms with Crippen LogP contribution < -0.4 is 0 Å². The van der Waals surface area contributed by atoms with Gasteiger partial charge < -0.3 is 5.11 Å². The van der Waals surface area contributed by atoms with Crippen molar-refractivity contribution in [1.82, 2.24) is 4.98 Å². The van der Waals surface area contributed by atoms with E-state index < -0.39 is 23.1 Å². The van der Waals surface area contributed by atoms with E-state index in [-0.39, 0.29) is 26.3 Å². The highest BCUT2D eigenvalue weighted by Crippen LogP contribution is 2.37. The molecule has 1 atom stereocenters. The lowest BCUT2D eigenvalue weighted by molar-refractivity contribution is -0.137. The minimum absolute atomic E-state index is 0.0654. The summed E-state index contributed by atoms with van der Waals surface area (Å²) < 4.78 is 51.0. The number of benzene rings is 1. The monoisotopic (exact) mass is 355 g/mol. The molecule has 19 heavy (non-hydrogen) atoms. The Hall–Kier alpha value is -0.990. The molecular weight excluding hydrogens is 350 g/mol. The SMILES string of the molecule is OC(c1cnc(C(F)(F)F)s1)c1cccc(Br)c1F. The number of aromatic nitrogens is 1. The van der Waals surface area contributed by atoms with Crippen LogP contribution in [-0.4, -0.2) is 10.1 Å². The lowest BCUT2D eigenvalue weighted by Crippen LogP contribution is -2.03. The van der Waals surface area contributed by atoms with Crippen molar-refractivity contribution >= 4 is 27.3 Å². The van der Waals surface area contributed by atoms with E-state index >= 15 is 0 Å². The molecule has 0 spiro atoms. The summed E-state index contributed by atoms with van der Waals surface area (Å²) in [5.41, 5.74) is -0.105. The van der Waals surface area contributed by atoms with Gasteiger partial charge in [-0.1, -0.05) is 12.1 Å². The van der Waals surface area contributed by atoms with E-state index in [0.717, 1.165) is 6.20 Å². The standard InChI is InChI=1S/C11H6BrF4NOS/c12-6-3-1-2-5(8(6)13)9(18)7-4-17-10(19-7)11(14,15)16/h1-4,9,18H. The Balaban J connectivity index is 2.37. The van der Waals surface area contributed by atoms with Crippen LogP contribution in [0.1, 0.15) is 21.6 Å². The third-order valence-corrected chi connectivity index (χ3v) is 4.02. The number of hydrogen-bond acceptors (Lipinski definition) is 3. The Labute approximate surface area is 117 Å². The molecule has 0 radical (unpaired) electrons. The molecule has 1 N–H and O–H groups in total. The lowest BCUT2D eigenvalue weighted by Gasteiger charge is -2.10. The lowest BCUT2D eigenvalue weighted by atomic mass is 10.1. The van der Waals surface area contributed by atoms with Crippen LogP contribution in [0.3, 0.4) is 0 Å². The topological polar surface area (TPSA) is 33.1 Å². The summed E-state index contributed by atoms with van der Waals surface area (Å²) >= 11 is 3.23. The predicted octanol–water partition coefficient (Wildman–Crippen LogP) is 4.15. The Kier molecular flexibility index (Phi) is 3.93. The number of aliphatic hydroxyl groups excluding tert-OH is 1. The summed E-state index contributed by atoms with van der Waals surface area (Å²) in [6.45, 7) is 0. The molecule has 0 saturated heterocycles. The number of nitrogens with zero attached hydrogens (tertiary/aromatic N) is 1. The van der Waals surface area contributed by atoms with Crippen molar-refractivity contribution in [2.75, 3.05) is 0 Å². The maximum atomic E-state index is 13.7. The average Bonchev–Trinajstić information content (AvgIpc) is 2.81. The molecule has 0 bridgehead atoms. The van der Waals surface area contributed by atoms with Gasteiger partial charge in [0.25, 0.3) is 0 Å². The van der Waals surface area contributed by atoms with Crippen molar-refractivity contribution in [1.29, 1.82) is 0 Å². The zero-order valence-corrected chi connectivity index (χ0v) is 11.5. The van der Waals surface area contributed by atoms with Crippen molar-refractivity contribution < 1.29 is 22.7 Å². The van der Waals surface area contributed by atoms with Gasteiger partial charge in [0, 0.05) is 11.8 Å². The van der Waals surface area contributed by atoms with Crippen molar-refractivity contribution in [3.05, 3.63) is 50.1 Å². The highest BCUT2D eigenvalue weighted by atomic mass is 79.9. The fourth-order valence-electron chi connectivity index (χ4n) is 1.43. The van der Waals surface area contributed by atoms with E-state index in [9.17, 15) is 22.7 Å². The Morgan fingerprint density at radius 1 is 1.32 bits per heavy atom. The summed E-state index contributed by atoms with van der Waals surface area (Å²) in [4.78, 5) is 3.12. The first-order chi connectivity index (χ1) is 8.80. The molecule has 2 aromatic rings. The first kappa shape index (κ1) is 14.4. The second-order valence-corrected chi connectivity index (χ2v) is 5.53. The van der Waals surface area contributed by atoms with Crippen molar-refractivity contribution in [2.45, 2.75) is 12.3 Å². The molecule has 2 rings (SSSR count). The quantitative estimate of drug-likeness (QED) is 0.821. The fourth-order valence-corrected chi connectivity index (χ4v) is 2.60. The smallest absolute Gasteiger partial charge is 0.383 e. The summed E-state index contributed by atoms with van der Waals surface area (Å²) in [6, 6.07) is 4.22. The molecule has 1 heterocycles. The molecule has 1 aromatic heterocycles. The van der Waals surface area contributed by atoms with Crippen LogP contribution in [0.5, 0.6) is 0 Å². The molecule has 102 valence electrons. The number of hydrogen-bond donors (Lipinski definition) is 1.